The topological polar surface area (TPSA) is 87.5 Å². The van der Waals surface area contributed by atoms with Crippen molar-refractivity contribution in [3.63, 3.8) is 0 Å². The highest BCUT2D eigenvalue weighted by Crippen LogP contribution is 2.51. The van der Waals surface area contributed by atoms with Crippen LogP contribution in [0.2, 0.25) is 0 Å². The van der Waals surface area contributed by atoms with Crippen LogP contribution in [-0.2, 0) is 4.79 Å². The number of amides is 2. The minimum Gasteiger partial charge on any atom is -0.341 e. The lowest BCUT2D eigenvalue weighted by atomic mass is 9.57. The quantitative estimate of drug-likeness (QED) is 0.220. The van der Waals surface area contributed by atoms with E-state index in [1.807, 2.05) is 38.7 Å². The Hall–Kier alpha value is -3.85. The first-order chi connectivity index (χ1) is 22.6. The third kappa shape index (κ3) is 5.78. The Balaban J connectivity index is 1.24. The molecule has 7 rings (SSSR count). The van der Waals surface area contributed by atoms with Crippen molar-refractivity contribution in [2.45, 2.75) is 104 Å². The molecule has 3 aliphatic heterocycles. The average molecular weight is 656 g/mol. The van der Waals surface area contributed by atoms with Gasteiger partial charge in [-0.15, -0.1) is 0 Å². The molecule has 0 radical (unpaired) electrons. The molecule has 4 aliphatic rings. The Labute approximate surface area is 283 Å². The fourth-order valence-electron chi connectivity index (χ4n) is 8.57. The molecule has 3 saturated heterocycles. The smallest absolute Gasteiger partial charge is 0.256 e. The fourth-order valence-corrected chi connectivity index (χ4v) is 8.57. The van der Waals surface area contributed by atoms with Crippen molar-refractivity contribution in [3.05, 3.63) is 72.0 Å². The monoisotopic (exact) mass is 655 g/mol. The second kappa shape index (κ2) is 12.6. The van der Waals surface area contributed by atoms with Gasteiger partial charge in [-0.2, -0.15) is 0 Å². The summed E-state index contributed by atoms with van der Waals surface area (Å²) >= 11 is 0. The van der Waals surface area contributed by atoms with E-state index in [0.717, 1.165) is 24.6 Å². The lowest BCUT2D eigenvalue weighted by Crippen LogP contribution is -2.70. The molecule has 1 N–H and O–H groups in total. The molecule has 0 unspecified atom stereocenters. The van der Waals surface area contributed by atoms with Gasteiger partial charge < -0.3 is 14.4 Å². The van der Waals surface area contributed by atoms with Crippen molar-refractivity contribution < 1.29 is 18.8 Å². The predicted molar refractivity (Wildman–Crippen MR) is 187 cm³/mol. The Kier molecular flexibility index (Phi) is 8.90. The van der Waals surface area contributed by atoms with Crippen molar-refractivity contribution >= 4 is 28.5 Å². The number of hydrogen-bond acceptors (Lipinski definition) is 5. The Bertz CT molecular complexity index is 1750. The van der Waals surface area contributed by atoms with E-state index in [2.05, 4.69) is 37.7 Å². The molecule has 8 nitrogen and oxygen atoms in total. The molecule has 2 amide bonds. The molecule has 48 heavy (non-hydrogen) atoms. The number of hydrogen-bond donors (Lipinski definition) is 1. The molecule has 2 bridgehead atoms. The molecule has 3 aromatic rings. The summed E-state index contributed by atoms with van der Waals surface area (Å²) in [5.74, 6) is -0.753. The number of fused-ring (bicyclic) bond motifs is 4. The van der Waals surface area contributed by atoms with Crippen molar-refractivity contribution in [2.75, 3.05) is 13.1 Å². The van der Waals surface area contributed by atoms with Crippen LogP contribution in [0.5, 0.6) is 0 Å². The van der Waals surface area contributed by atoms with E-state index < -0.39 is 5.82 Å². The van der Waals surface area contributed by atoms with Gasteiger partial charge in [0.2, 0.25) is 5.91 Å². The number of ketones is 1. The maximum Gasteiger partial charge on any atom is 0.256 e. The summed E-state index contributed by atoms with van der Waals surface area (Å²) in [5.41, 5.74) is 2.97. The largest absolute Gasteiger partial charge is 0.341 e. The van der Waals surface area contributed by atoms with Crippen molar-refractivity contribution in [3.8, 4) is 5.69 Å². The highest BCUT2D eigenvalue weighted by molar-refractivity contribution is 6.10. The molecule has 2 aromatic heterocycles. The predicted octanol–water partition coefficient (Wildman–Crippen LogP) is 6.96. The Morgan fingerprint density at radius 1 is 1.04 bits per heavy atom. The van der Waals surface area contributed by atoms with Crippen LogP contribution in [-0.4, -0.2) is 73.7 Å². The summed E-state index contributed by atoms with van der Waals surface area (Å²) in [6, 6.07) is 5.58. The van der Waals surface area contributed by atoms with Crippen LogP contribution in [0, 0.1) is 23.1 Å². The number of pyridine rings is 1. The number of likely N-dealkylation sites (tertiary alicyclic amines) is 1. The summed E-state index contributed by atoms with van der Waals surface area (Å²) in [5, 5.41) is 4.52. The number of piperidine rings is 3. The molecule has 1 aliphatic carbocycles. The Morgan fingerprint density at radius 2 is 1.73 bits per heavy atom. The molecular weight excluding hydrogens is 605 g/mol. The second-order valence-corrected chi connectivity index (χ2v) is 15.8. The van der Waals surface area contributed by atoms with Gasteiger partial charge >= 0.3 is 0 Å². The first-order valence-electron chi connectivity index (χ1n) is 17.5. The zero-order chi connectivity index (χ0) is 34.7. The standard InChI is InChI=1S/C39H50FN5O3/c1-23(2)45(24(3)4)36(47)30-19-27(40)9-10-32(30)44-22-31(29-12-16-41-21-33(29)44)35(46)26-13-17-43(18-14-26)37(48)34-28-11-15-39(42-34,20-25(28)5)38(6,7)8/h9-10,12,16,19,21-24,26,28,34,42H,5,11,13-15,17-18,20H2,1-4,6-8H3/t28-,34+,39+/m1/s1. The fraction of sp³-hybridized carbons (Fsp3) is 0.538. The van der Waals surface area contributed by atoms with Crippen molar-refractivity contribution in [1.82, 2.24) is 24.7 Å². The zero-order valence-electron chi connectivity index (χ0n) is 29.5. The number of Topliss-reactive ketones (excluding diaryl/α,β-unsaturated/α-hetero) is 1. The minimum absolute atomic E-state index is 0.00181. The lowest BCUT2D eigenvalue weighted by Gasteiger charge is -2.58. The van der Waals surface area contributed by atoms with Crippen LogP contribution in [0.3, 0.4) is 0 Å². The normalized spacial score (nSPS) is 23.4. The maximum absolute atomic E-state index is 14.6. The molecule has 9 heteroatoms. The van der Waals surface area contributed by atoms with Gasteiger partial charge in [0.25, 0.3) is 5.91 Å². The van der Waals surface area contributed by atoms with Crippen LogP contribution >= 0.6 is 0 Å². The van der Waals surface area contributed by atoms with E-state index in [-0.39, 0.29) is 64.1 Å². The van der Waals surface area contributed by atoms with Crippen molar-refractivity contribution in [1.29, 1.82) is 0 Å². The molecule has 1 aromatic carbocycles. The summed E-state index contributed by atoms with van der Waals surface area (Å²) in [6.07, 6.45) is 9.18. The van der Waals surface area contributed by atoms with Gasteiger partial charge in [-0.3, -0.25) is 24.7 Å². The van der Waals surface area contributed by atoms with E-state index in [4.69, 9.17) is 0 Å². The minimum atomic E-state index is -0.504. The van der Waals surface area contributed by atoms with E-state index in [1.54, 1.807) is 34.1 Å². The zero-order valence-corrected chi connectivity index (χ0v) is 29.5. The van der Waals surface area contributed by atoms with Crippen LogP contribution in [0.25, 0.3) is 16.6 Å². The average Bonchev–Trinajstić information content (AvgIpc) is 3.43. The van der Waals surface area contributed by atoms with Gasteiger partial charge in [0, 0.05) is 65.9 Å². The van der Waals surface area contributed by atoms with Gasteiger partial charge in [-0.05, 0) is 89.5 Å². The number of carbonyl (C=O) groups is 3. The van der Waals surface area contributed by atoms with E-state index in [1.165, 1.54) is 17.7 Å². The van der Waals surface area contributed by atoms with Gasteiger partial charge in [0.1, 0.15) is 5.82 Å². The lowest BCUT2D eigenvalue weighted by molar-refractivity contribution is -0.140. The number of nitrogens with zero attached hydrogens (tertiary/aromatic N) is 4. The van der Waals surface area contributed by atoms with Gasteiger partial charge in [0.05, 0.1) is 29.0 Å². The van der Waals surface area contributed by atoms with E-state index in [0.29, 0.717) is 42.7 Å². The molecule has 256 valence electrons. The number of rotatable bonds is 7. The molecule has 5 heterocycles. The molecule has 0 spiro atoms. The first-order valence-corrected chi connectivity index (χ1v) is 17.5. The van der Waals surface area contributed by atoms with Gasteiger partial charge in [-0.25, -0.2) is 4.39 Å². The maximum atomic E-state index is 14.6. The van der Waals surface area contributed by atoms with Gasteiger partial charge in [0.15, 0.2) is 5.78 Å². The summed E-state index contributed by atoms with van der Waals surface area (Å²) in [7, 11) is 0. The van der Waals surface area contributed by atoms with E-state index in [9.17, 15) is 18.8 Å². The molecule has 3 atom stereocenters. The number of nitrogens with one attached hydrogen (secondary N) is 1. The Morgan fingerprint density at radius 3 is 2.35 bits per heavy atom. The third-order valence-electron chi connectivity index (χ3n) is 11.3. The molecule has 4 fully saturated rings. The van der Waals surface area contributed by atoms with Crippen LogP contribution in [0.4, 0.5) is 4.39 Å². The number of carbonyl (C=O) groups excluding carboxylic acids is 3. The number of aromatic nitrogens is 2. The van der Waals surface area contributed by atoms with Gasteiger partial charge in [-0.1, -0.05) is 32.9 Å². The molecular formula is C39H50FN5O3. The number of halogens is 1. The van der Waals surface area contributed by atoms with Crippen molar-refractivity contribution in [2.24, 2.45) is 17.3 Å². The summed E-state index contributed by atoms with van der Waals surface area (Å²) in [4.78, 5) is 50.0. The third-order valence-corrected chi connectivity index (χ3v) is 11.3. The van der Waals surface area contributed by atoms with Crippen LogP contribution in [0.1, 0.15) is 101 Å². The van der Waals surface area contributed by atoms with Crippen LogP contribution in [0.15, 0.2) is 55.0 Å². The SMILES string of the molecule is C=C1C[C@]2(C(C)(C)C)CC[C@H]1[C@@H](C(=O)N1CCC(C(=O)c3cn(-c4ccc(F)cc4C(=O)N(C(C)C)C(C)C)c4cnccc34)CC1)N2. The highest BCUT2D eigenvalue weighted by Gasteiger charge is 2.55. The summed E-state index contributed by atoms with van der Waals surface area (Å²) < 4.78 is 16.4. The summed E-state index contributed by atoms with van der Waals surface area (Å²) in [6.45, 7) is 19.9. The van der Waals surface area contributed by atoms with Crippen LogP contribution < -0.4 is 5.32 Å². The highest BCUT2D eigenvalue weighted by atomic mass is 19.1. The second-order valence-electron chi connectivity index (χ2n) is 15.8. The number of benzene rings is 1. The first kappa shape index (κ1) is 34.0. The molecule has 1 saturated carbocycles. The van der Waals surface area contributed by atoms with E-state index >= 15 is 0 Å².